The van der Waals surface area contributed by atoms with Crippen LogP contribution in [0.3, 0.4) is 0 Å². The normalized spacial score (nSPS) is 19.8. The monoisotopic (exact) mass is 455 g/mol. The molecule has 2 aromatic rings. The Kier molecular flexibility index (Phi) is 7.40. The zero-order chi connectivity index (χ0) is 23.4. The summed E-state index contributed by atoms with van der Waals surface area (Å²) in [5.74, 6) is 6.34. The highest BCUT2D eigenvalue weighted by Gasteiger charge is 2.43. The smallest absolute Gasteiger partial charge is 0.264 e. The van der Waals surface area contributed by atoms with Gasteiger partial charge >= 0.3 is 0 Å². The summed E-state index contributed by atoms with van der Waals surface area (Å²) in [5.41, 5.74) is 5.40. The zero-order valence-corrected chi connectivity index (χ0v) is 19.2. The SMILES string of the molecule is CC(CCc1ccc(-c2ccc(C#CC3CC(CO)C3)cc2)cc1)(C(=O)NO)S(C)(=O)=O. The van der Waals surface area contributed by atoms with Crippen LogP contribution < -0.4 is 5.48 Å². The molecule has 170 valence electrons. The second-order valence-corrected chi connectivity index (χ2v) is 11.1. The fourth-order valence-electron chi connectivity index (χ4n) is 3.77. The average Bonchev–Trinajstić information content (AvgIpc) is 2.76. The van der Waals surface area contributed by atoms with Crippen molar-refractivity contribution in [1.29, 1.82) is 0 Å². The molecule has 0 saturated heterocycles. The number of benzene rings is 2. The summed E-state index contributed by atoms with van der Waals surface area (Å²) in [6, 6.07) is 15.8. The van der Waals surface area contributed by atoms with Gasteiger partial charge in [-0.25, -0.2) is 13.9 Å². The second-order valence-electron chi connectivity index (χ2n) is 8.70. The molecule has 0 spiro atoms. The van der Waals surface area contributed by atoms with Crippen LogP contribution in [0.25, 0.3) is 11.1 Å². The molecule has 2 aromatic carbocycles. The standard InChI is InChI=1S/C25H29NO5S/c1-25(24(28)26-29,32(2,30)31)14-13-19-7-11-23(12-8-19)22-9-5-18(6-10-22)3-4-20-15-21(16-20)17-27/h5-12,20-21,27,29H,13-17H2,1-2H3,(H,26,28). The lowest BCUT2D eigenvalue weighted by Crippen LogP contribution is -2.49. The van der Waals surface area contributed by atoms with Crippen LogP contribution in [0.4, 0.5) is 0 Å². The lowest BCUT2D eigenvalue weighted by molar-refractivity contribution is -0.131. The Hall–Kier alpha value is -2.66. The molecule has 0 aromatic heterocycles. The molecular weight excluding hydrogens is 426 g/mol. The van der Waals surface area contributed by atoms with Crippen LogP contribution in [-0.4, -0.2) is 42.2 Å². The van der Waals surface area contributed by atoms with Crippen molar-refractivity contribution < 1.29 is 23.5 Å². The minimum atomic E-state index is -3.71. The fourth-order valence-corrected chi connectivity index (χ4v) is 4.62. The van der Waals surface area contributed by atoms with Crippen molar-refractivity contribution in [2.75, 3.05) is 12.9 Å². The molecule has 1 fully saturated rings. The Morgan fingerprint density at radius 1 is 1.09 bits per heavy atom. The van der Waals surface area contributed by atoms with E-state index < -0.39 is 20.5 Å². The van der Waals surface area contributed by atoms with Crippen molar-refractivity contribution in [3.63, 3.8) is 0 Å². The van der Waals surface area contributed by atoms with Crippen LogP contribution in [0.1, 0.15) is 37.3 Å². The highest BCUT2D eigenvalue weighted by atomic mass is 32.2. The minimum Gasteiger partial charge on any atom is -0.396 e. The molecule has 6 nitrogen and oxygen atoms in total. The number of hydrogen-bond acceptors (Lipinski definition) is 5. The quantitative estimate of drug-likeness (QED) is 0.338. The summed E-state index contributed by atoms with van der Waals surface area (Å²) < 4.78 is 22.5. The van der Waals surface area contributed by atoms with Crippen molar-refractivity contribution in [2.45, 2.75) is 37.4 Å². The molecule has 32 heavy (non-hydrogen) atoms. The number of nitrogens with one attached hydrogen (secondary N) is 1. The van der Waals surface area contributed by atoms with Gasteiger partial charge in [0.1, 0.15) is 4.75 Å². The van der Waals surface area contributed by atoms with Crippen molar-refractivity contribution in [2.24, 2.45) is 11.8 Å². The number of hydrogen-bond donors (Lipinski definition) is 3. The number of hydroxylamine groups is 1. The van der Waals surface area contributed by atoms with Gasteiger partial charge in [-0.1, -0.05) is 48.2 Å². The van der Waals surface area contributed by atoms with Crippen LogP contribution in [0.2, 0.25) is 0 Å². The lowest BCUT2D eigenvalue weighted by Gasteiger charge is -2.29. The van der Waals surface area contributed by atoms with Gasteiger partial charge in [0, 0.05) is 24.3 Å². The number of aliphatic hydroxyl groups is 1. The van der Waals surface area contributed by atoms with E-state index in [1.807, 2.05) is 48.5 Å². The second kappa shape index (κ2) is 9.86. The number of aliphatic hydroxyl groups excluding tert-OH is 1. The molecule has 1 unspecified atom stereocenters. The molecular formula is C25H29NO5S. The maximum absolute atomic E-state index is 12.1. The van der Waals surface area contributed by atoms with Gasteiger partial charge in [-0.2, -0.15) is 0 Å². The fraction of sp³-hybridized carbons (Fsp3) is 0.400. The molecule has 0 radical (unpaired) electrons. The molecule has 7 heteroatoms. The number of sulfone groups is 1. The van der Waals surface area contributed by atoms with Crippen molar-refractivity contribution in [3.05, 3.63) is 59.7 Å². The van der Waals surface area contributed by atoms with Crippen molar-refractivity contribution in [3.8, 4) is 23.0 Å². The van der Waals surface area contributed by atoms with Gasteiger partial charge in [-0.05, 0) is 67.3 Å². The average molecular weight is 456 g/mol. The summed E-state index contributed by atoms with van der Waals surface area (Å²) in [6.45, 7) is 1.57. The molecule has 0 bridgehead atoms. The molecule has 3 N–H and O–H groups in total. The number of carbonyl (C=O) groups is 1. The first-order valence-electron chi connectivity index (χ1n) is 10.6. The third-order valence-electron chi connectivity index (χ3n) is 6.38. The molecule has 0 heterocycles. The molecule has 1 aliphatic carbocycles. The molecule has 3 rings (SSSR count). The summed E-state index contributed by atoms with van der Waals surface area (Å²) >= 11 is 0. The number of aryl methyl sites for hydroxylation is 1. The summed E-state index contributed by atoms with van der Waals surface area (Å²) in [4.78, 5) is 11.9. The third-order valence-corrected chi connectivity index (χ3v) is 8.40. The van der Waals surface area contributed by atoms with E-state index in [1.54, 1.807) is 0 Å². The Balaban J connectivity index is 1.63. The minimum absolute atomic E-state index is 0.0605. The summed E-state index contributed by atoms with van der Waals surface area (Å²) in [7, 11) is -3.71. The Morgan fingerprint density at radius 3 is 2.16 bits per heavy atom. The first-order valence-corrected chi connectivity index (χ1v) is 12.5. The maximum Gasteiger partial charge on any atom is 0.264 e. The van der Waals surface area contributed by atoms with Gasteiger partial charge in [0.25, 0.3) is 5.91 Å². The number of rotatable bonds is 7. The van der Waals surface area contributed by atoms with Crippen molar-refractivity contribution in [1.82, 2.24) is 5.48 Å². The number of amides is 1. The molecule has 0 aliphatic heterocycles. The van der Waals surface area contributed by atoms with Gasteiger partial charge in [-0.3, -0.25) is 10.0 Å². The van der Waals surface area contributed by atoms with E-state index in [0.29, 0.717) is 18.3 Å². The van der Waals surface area contributed by atoms with Gasteiger partial charge in [0.15, 0.2) is 9.84 Å². The topological polar surface area (TPSA) is 104 Å². The third kappa shape index (κ3) is 5.39. The van der Waals surface area contributed by atoms with E-state index >= 15 is 0 Å². The maximum atomic E-state index is 12.1. The van der Waals surface area contributed by atoms with Gasteiger partial charge in [-0.15, -0.1) is 0 Å². The van der Waals surface area contributed by atoms with Gasteiger partial charge < -0.3 is 5.11 Å². The largest absolute Gasteiger partial charge is 0.396 e. The molecule has 1 saturated carbocycles. The van der Waals surface area contributed by atoms with Crippen LogP contribution in [0, 0.1) is 23.7 Å². The summed E-state index contributed by atoms with van der Waals surface area (Å²) in [6.07, 6.45) is 3.39. The predicted octanol–water partition coefficient (Wildman–Crippen LogP) is 2.96. The van der Waals surface area contributed by atoms with Crippen molar-refractivity contribution >= 4 is 15.7 Å². The predicted molar refractivity (Wildman–Crippen MR) is 124 cm³/mol. The van der Waals surface area contributed by atoms with E-state index in [-0.39, 0.29) is 13.0 Å². The van der Waals surface area contributed by atoms with E-state index in [4.69, 9.17) is 10.3 Å². The van der Waals surface area contributed by atoms with Crippen LogP contribution >= 0.6 is 0 Å². The highest BCUT2D eigenvalue weighted by molar-refractivity contribution is 7.92. The Bertz CT molecular complexity index is 1110. The van der Waals surface area contributed by atoms with Gasteiger partial charge in [0.2, 0.25) is 0 Å². The Morgan fingerprint density at radius 2 is 1.66 bits per heavy atom. The Labute approximate surface area is 189 Å². The van der Waals surface area contributed by atoms with Crippen LogP contribution in [-0.2, 0) is 21.1 Å². The summed E-state index contributed by atoms with van der Waals surface area (Å²) in [5, 5.41) is 18.0. The van der Waals surface area contributed by atoms with E-state index in [2.05, 4.69) is 11.8 Å². The first kappa shape index (κ1) is 24.0. The molecule has 1 aliphatic rings. The van der Waals surface area contributed by atoms with E-state index in [0.717, 1.165) is 41.4 Å². The molecule has 1 atom stereocenters. The highest BCUT2D eigenvalue weighted by Crippen LogP contribution is 2.32. The van der Waals surface area contributed by atoms with Crippen LogP contribution in [0.5, 0.6) is 0 Å². The molecule has 1 amide bonds. The van der Waals surface area contributed by atoms with Crippen LogP contribution in [0.15, 0.2) is 48.5 Å². The van der Waals surface area contributed by atoms with E-state index in [9.17, 15) is 13.2 Å². The zero-order valence-electron chi connectivity index (χ0n) is 18.3. The van der Waals surface area contributed by atoms with Gasteiger partial charge in [0.05, 0.1) is 0 Å². The van der Waals surface area contributed by atoms with E-state index in [1.165, 1.54) is 12.4 Å². The number of carbonyl (C=O) groups excluding carboxylic acids is 1. The first-order chi connectivity index (χ1) is 15.2. The lowest BCUT2D eigenvalue weighted by atomic mass is 9.76.